The van der Waals surface area contributed by atoms with E-state index in [1.165, 1.54) is 16.7 Å². The number of hydrogen-bond donors (Lipinski definition) is 0. The first-order valence-electron chi connectivity index (χ1n) is 11.0. The molecule has 1 unspecified atom stereocenters. The van der Waals surface area contributed by atoms with Gasteiger partial charge in [0.1, 0.15) is 6.54 Å². The number of fused-ring (bicyclic) bond motifs is 1. The van der Waals surface area contributed by atoms with Crippen LogP contribution in [0.2, 0.25) is 0 Å². The second-order valence-electron chi connectivity index (χ2n) is 9.26. The summed E-state index contributed by atoms with van der Waals surface area (Å²) in [6.07, 6.45) is 0.840. The summed E-state index contributed by atoms with van der Waals surface area (Å²) >= 11 is 0. The van der Waals surface area contributed by atoms with Crippen molar-refractivity contribution in [1.82, 2.24) is 9.80 Å². The third kappa shape index (κ3) is 5.34. The number of rotatable bonds is 6. The molecule has 5 nitrogen and oxygen atoms in total. The molecule has 0 saturated heterocycles. The monoisotopic (exact) mass is 422 g/mol. The predicted octanol–water partition coefficient (Wildman–Crippen LogP) is 4.22. The summed E-state index contributed by atoms with van der Waals surface area (Å²) in [5.74, 6) is -0.173. The highest BCUT2D eigenvalue weighted by atomic mass is 16.5. The maximum atomic E-state index is 13.2. The summed E-state index contributed by atoms with van der Waals surface area (Å²) in [5.41, 5.74) is 4.27. The third-order valence-electron chi connectivity index (χ3n) is 6.09. The number of carbonyl (C=O) groups is 2. The lowest BCUT2D eigenvalue weighted by Gasteiger charge is -2.36. The Labute approximate surface area is 186 Å². The lowest BCUT2D eigenvalue weighted by Crippen LogP contribution is -2.46. The molecule has 5 heteroatoms. The Balaban J connectivity index is 1.75. The molecule has 0 N–H and O–H groups in total. The Morgan fingerprint density at radius 1 is 1.10 bits per heavy atom. The van der Waals surface area contributed by atoms with Gasteiger partial charge in [0, 0.05) is 25.8 Å². The molecule has 2 aromatic rings. The lowest BCUT2D eigenvalue weighted by molar-refractivity contribution is -0.134. The number of ether oxygens (including phenoxy) is 1. The minimum absolute atomic E-state index is 0.00268. The Kier molecular flexibility index (Phi) is 7.16. The minimum atomic E-state index is -0.143. The van der Waals surface area contributed by atoms with E-state index in [1.54, 1.807) is 12.0 Å². The van der Waals surface area contributed by atoms with Gasteiger partial charge in [-0.1, -0.05) is 57.2 Å². The molecule has 0 bridgehead atoms. The molecule has 166 valence electrons. The summed E-state index contributed by atoms with van der Waals surface area (Å²) in [7, 11) is 1.60. The van der Waals surface area contributed by atoms with E-state index in [4.69, 9.17) is 4.74 Å². The van der Waals surface area contributed by atoms with Crippen molar-refractivity contribution in [3.05, 3.63) is 70.8 Å². The van der Waals surface area contributed by atoms with Gasteiger partial charge >= 0.3 is 0 Å². The molecule has 1 heterocycles. The average molecular weight is 423 g/mol. The van der Waals surface area contributed by atoms with E-state index in [9.17, 15) is 9.59 Å². The highest BCUT2D eigenvalue weighted by Gasteiger charge is 2.29. The van der Waals surface area contributed by atoms with Crippen LogP contribution >= 0.6 is 0 Å². The van der Waals surface area contributed by atoms with Crippen LogP contribution in [-0.4, -0.2) is 55.0 Å². The van der Waals surface area contributed by atoms with E-state index in [0.717, 1.165) is 6.42 Å². The van der Waals surface area contributed by atoms with Gasteiger partial charge in [0.15, 0.2) is 0 Å². The fourth-order valence-corrected chi connectivity index (χ4v) is 4.12. The van der Waals surface area contributed by atoms with Crippen LogP contribution in [0.5, 0.6) is 0 Å². The smallest absolute Gasteiger partial charge is 0.254 e. The summed E-state index contributed by atoms with van der Waals surface area (Å²) < 4.78 is 5.20. The maximum absolute atomic E-state index is 13.2. The summed E-state index contributed by atoms with van der Waals surface area (Å²) in [6.45, 7) is 9.97. The fraction of sp³-hybridized carbons (Fsp3) is 0.462. The quantitative estimate of drug-likeness (QED) is 0.700. The molecule has 0 aromatic heterocycles. The van der Waals surface area contributed by atoms with Crippen molar-refractivity contribution < 1.29 is 14.3 Å². The van der Waals surface area contributed by atoms with Crippen molar-refractivity contribution >= 4 is 11.8 Å². The normalized spacial score (nSPS) is 16.0. The van der Waals surface area contributed by atoms with Crippen LogP contribution in [0.1, 0.15) is 60.8 Å². The number of nitrogens with zero attached hydrogens (tertiary/aromatic N) is 2. The van der Waals surface area contributed by atoms with Gasteiger partial charge < -0.3 is 14.5 Å². The van der Waals surface area contributed by atoms with E-state index < -0.39 is 0 Å². The van der Waals surface area contributed by atoms with Crippen LogP contribution in [0.4, 0.5) is 0 Å². The number of amides is 2. The first kappa shape index (κ1) is 23.0. The standard InChI is InChI=1S/C26H34N2O3/c1-19-23-9-7-6-8-20(23)14-15-28(19)24(29)18-27(16-17-31-5)25(30)21-10-12-22(13-11-21)26(2,3)4/h6-13,19H,14-18H2,1-5H3. The summed E-state index contributed by atoms with van der Waals surface area (Å²) in [5, 5.41) is 0. The van der Waals surface area contributed by atoms with Gasteiger partial charge in [-0.3, -0.25) is 9.59 Å². The first-order valence-corrected chi connectivity index (χ1v) is 11.0. The van der Waals surface area contributed by atoms with Crippen LogP contribution < -0.4 is 0 Å². The molecule has 0 spiro atoms. The van der Waals surface area contributed by atoms with Gasteiger partial charge in [-0.2, -0.15) is 0 Å². The molecule has 2 aromatic carbocycles. The van der Waals surface area contributed by atoms with E-state index in [2.05, 4.69) is 39.8 Å². The van der Waals surface area contributed by atoms with Gasteiger partial charge in [0.2, 0.25) is 5.91 Å². The van der Waals surface area contributed by atoms with Crippen molar-refractivity contribution in [2.24, 2.45) is 0 Å². The Hall–Kier alpha value is -2.66. The first-order chi connectivity index (χ1) is 14.7. The highest BCUT2D eigenvalue weighted by molar-refractivity contribution is 5.96. The van der Waals surface area contributed by atoms with E-state index in [-0.39, 0.29) is 29.8 Å². The number of carbonyl (C=O) groups excluding carboxylic acids is 2. The Morgan fingerprint density at radius 2 is 1.77 bits per heavy atom. The zero-order chi connectivity index (χ0) is 22.6. The SMILES string of the molecule is COCCN(CC(=O)N1CCc2ccccc2C1C)C(=O)c1ccc(C(C)(C)C)cc1. The molecular weight excluding hydrogens is 388 g/mol. The second-order valence-corrected chi connectivity index (χ2v) is 9.26. The van der Waals surface area contributed by atoms with Crippen LogP contribution in [0.15, 0.2) is 48.5 Å². The van der Waals surface area contributed by atoms with Crippen molar-refractivity contribution in [3.63, 3.8) is 0 Å². The van der Waals surface area contributed by atoms with Crippen LogP contribution in [0.3, 0.4) is 0 Å². The molecular formula is C26H34N2O3. The molecule has 1 aliphatic heterocycles. The molecule has 0 fully saturated rings. The van der Waals surface area contributed by atoms with Crippen LogP contribution in [0, 0.1) is 0 Å². The van der Waals surface area contributed by atoms with Gasteiger partial charge in [-0.25, -0.2) is 0 Å². The van der Waals surface area contributed by atoms with E-state index in [0.29, 0.717) is 25.3 Å². The van der Waals surface area contributed by atoms with E-state index >= 15 is 0 Å². The van der Waals surface area contributed by atoms with Crippen molar-refractivity contribution in [2.75, 3.05) is 33.4 Å². The van der Waals surface area contributed by atoms with Gasteiger partial charge in [-0.15, -0.1) is 0 Å². The molecule has 31 heavy (non-hydrogen) atoms. The van der Waals surface area contributed by atoms with Crippen molar-refractivity contribution in [3.8, 4) is 0 Å². The van der Waals surface area contributed by atoms with Crippen molar-refractivity contribution in [1.29, 1.82) is 0 Å². The van der Waals surface area contributed by atoms with Crippen LogP contribution in [0.25, 0.3) is 0 Å². The number of methoxy groups -OCH3 is 1. The topological polar surface area (TPSA) is 49.9 Å². The zero-order valence-electron chi connectivity index (χ0n) is 19.4. The number of benzene rings is 2. The van der Waals surface area contributed by atoms with Gasteiger partial charge in [0.25, 0.3) is 5.91 Å². The summed E-state index contributed by atoms with van der Waals surface area (Å²) in [4.78, 5) is 29.9. The molecule has 1 aliphatic rings. The zero-order valence-corrected chi connectivity index (χ0v) is 19.4. The molecule has 3 rings (SSSR count). The van der Waals surface area contributed by atoms with Crippen molar-refractivity contribution in [2.45, 2.75) is 45.6 Å². The molecule has 2 amide bonds. The lowest BCUT2D eigenvalue weighted by atomic mass is 9.86. The van der Waals surface area contributed by atoms with Crippen LogP contribution in [-0.2, 0) is 21.4 Å². The third-order valence-corrected chi connectivity index (χ3v) is 6.09. The Bertz CT molecular complexity index is 915. The highest BCUT2D eigenvalue weighted by Crippen LogP contribution is 2.29. The summed E-state index contributed by atoms with van der Waals surface area (Å²) in [6, 6.07) is 16.0. The maximum Gasteiger partial charge on any atom is 0.254 e. The molecule has 0 saturated carbocycles. The molecule has 1 atom stereocenters. The van der Waals surface area contributed by atoms with Gasteiger partial charge in [0.05, 0.1) is 12.6 Å². The Morgan fingerprint density at radius 3 is 2.42 bits per heavy atom. The van der Waals surface area contributed by atoms with Gasteiger partial charge in [-0.05, 0) is 47.6 Å². The largest absolute Gasteiger partial charge is 0.383 e. The minimum Gasteiger partial charge on any atom is -0.383 e. The fourth-order valence-electron chi connectivity index (χ4n) is 4.12. The average Bonchev–Trinajstić information content (AvgIpc) is 2.76. The van der Waals surface area contributed by atoms with E-state index in [1.807, 2.05) is 41.3 Å². The second kappa shape index (κ2) is 9.65. The number of hydrogen-bond acceptors (Lipinski definition) is 3. The predicted molar refractivity (Wildman–Crippen MR) is 123 cm³/mol. The molecule has 0 aliphatic carbocycles. The molecule has 0 radical (unpaired) electrons.